The van der Waals surface area contributed by atoms with Gasteiger partial charge in [-0.15, -0.1) is 21.5 Å². The Labute approximate surface area is 122 Å². The lowest BCUT2D eigenvalue weighted by atomic mass is 10.2. The molecule has 0 radical (unpaired) electrons. The molecule has 0 aliphatic rings. The van der Waals surface area contributed by atoms with E-state index in [0.29, 0.717) is 11.5 Å². The third-order valence-corrected chi connectivity index (χ3v) is 3.89. The molecule has 1 N–H and O–H groups in total. The van der Waals surface area contributed by atoms with Crippen molar-refractivity contribution in [1.29, 1.82) is 0 Å². The summed E-state index contributed by atoms with van der Waals surface area (Å²) in [5, 5.41) is 13.4. The van der Waals surface area contributed by atoms with E-state index in [4.69, 9.17) is 0 Å². The Balaban J connectivity index is 2.08. The number of rotatable bonds is 5. The molecule has 2 aromatic heterocycles. The Hall–Kier alpha value is -1.95. The van der Waals surface area contributed by atoms with Gasteiger partial charge in [-0.05, 0) is 30.0 Å². The standard InChI is InChI=1S/C14H18N4OS/c1-4-10(12-6-5-9-20-12)15-13-8-7-11(16-17-13)14(19)18(2)3/h5-10H,4H2,1-3H3,(H,15,17). The lowest BCUT2D eigenvalue weighted by Gasteiger charge is -2.16. The normalized spacial score (nSPS) is 11.9. The molecule has 1 unspecified atom stereocenters. The van der Waals surface area contributed by atoms with Crippen LogP contribution in [0, 0.1) is 0 Å². The summed E-state index contributed by atoms with van der Waals surface area (Å²) in [5.41, 5.74) is 0.352. The molecule has 5 nitrogen and oxygen atoms in total. The zero-order valence-electron chi connectivity index (χ0n) is 11.8. The van der Waals surface area contributed by atoms with Crippen LogP contribution in [0.1, 0.15) is 34.8 Å². The highest BCUT2D eigenvalue weighted by Crippen LogP contribution is 2.25. The maximum absolute atomic E-state index is 11.7. The van der Waals surface area contributed by atoms with Crippen molar-refractivity contribution >= 4 is 23.1 Å². The molecule has 2 rings (SSSR count). The molecule has 0 aliphatic carbocycles. The SMILES string of the molecule is CCC(Nc1ccc(C(=O)N(C)C)nn1)c1cccs1. The Morgan fingerprint density at radius 1 is 1.35 bits per heavy atom. The summed E-state index contributed by atoms with van der Waals surface area (Å²) in [7, 11) is 3.39. The number of thiophene rings is 1. The molecule has 0 saturated heterocycles. The fourth-order valence-corrected chi connectivity index (χ4v) is 2.66. The van der Waals surface area contributed by atoms with Gasteiger partial charge >= 0.3 is 0 Å². The number of aromatic nitrogens is 2. The van der Waals surface area contributed by atoms with Crippen molar-refractivity contribution in [2.24, 2.45) is 0 Å². The predicted octanol–water partition coefficient (Wildman–Crippen LogP) is 2.80. The molecular formula is C14H18N4OS. The summed E-state index contributed by atoms with van der Waals surface area (Å²) >= 11 is 1.72. The van der Waals surface area contributed by atoms with Gasteiger partial charge in [-0.1, -0.05) is 13.0 Å². The van der Waals surface area contributed by atoms with E-state index in [0.717, 1.165) is 6.42 Å². The number of hydrogen-bond acceptors (Lipinski definition) is 5. The molecule has 2 heterocycles. The first-order chi connectivity index (χ1) is 9.61. The van der Waals surface area contributed by atoms with E-state index in [2.05, 4.69) is 33.9 Å². The summed E-state index contributed by atoms with van der Waals surface area (Å²) in [4.78, 5) is 14.5. The molecule has 20 heavy (non-hydrogen) atoms. The molecule has 0 aliphatic heterocycles. The van der Waals surface area contributed by atoms with Crippen molar-refractivity contribution in [1.82, 2.24) is 15.1 Å². The van der Waals surface area contributed by atoms with E-state index in [1.165, 1.54) is 9.78 Å². The molecule has 1 atom stereocenters. The van der Waals surface area contributed by atoms with Crippen LogP contribution in [0.25, 0.3) is 0 Å². The number of amides is 1. The van der Waals surface area contributed by atoms with Gasteiger partial charge in [0, 0.05) is 19.0 Å². The molecule has 0 spiro atoms. The average molecular weight is 290 g/mol. The first-order valence-corrected chi connectivity index (χ1v) is 7.35. The third-order valence-electron chi connectivity index (χ3n) is 2.91. The minimum absolute atomic E-state index is 0.144. The van der Waals surface area contributed by atoms with E-state index >= 15 is 0 Å². The number of nitrogens with zero attached hydrogens (tertiary/aromatic N) is 3. The van der Waals surface area contributed by atoms with Gasteiger partial charge in [0.15, 0.2) is 5.69 Å². The predicted molar refractivity (Wildman–Crippen MR) is 81.0 cm³/mol. The molecule has 0 fully saturated rings. The quantitative estimate of drug-likeness (QED) is 0.920. The van der Waals surface area contributed by atoms with Gasteiger partial charge in [0.2, 0.25) is 0 Å². The van der Waals surface area contributed by atoms with Gasteiger partial charge in [0.25, 0.3) is 5.91 Å². The third kappa shape index (κ3) is 3.33. The maximum atomic E-state index is 11.7. The first-order valence-electron chi connectivity index (χ1n) is 6.47. The summed E-state index contributed by atoms with van der Waals surface area (Å²) < 4.78 is 0. The van der Waals surface area contributed by atoms with Crippen LogP contribution in [0.15, 0.2) is 29.6 Å². The number of hydrogen-bond donors (Lipinski definition) is 1. The number of nitrogens with one attached hydrogen (secondary N) is 1. The van der Waals surface area contributed by atoms with Gasteiger partial charge in [0.1, 0.15) is 5.82 Å². The lowest BCUT2D eigenvalue weighted by Crippen LogP contribution is -2.23. The number of carbonyl (C=O) groups is 1. The minimum Gasteiger partial charge on any atom is -0.361 e. The molecule has 1 amide bonds. The topological polar surface area (TPSA) is 58.1 Å². The largest absolute Gasteiger partial charge is 0.361 e. The highest BCUT2D eigenvalue weighted by Gasteiger charge is 2.13. The summed E-state index contributed by atoms with van der Waals surface area (Å²) in [6.07, 6.45) is 0.959. The summed E-state index contributed by atoms with van der Waals surface area (Å²) in [5.74, 6) is 0.537. The van der Waals surface area contributed by atoms with E-state index < -0.39 is 0 Å². The van der Waals surface area contributed by atoms with Crippen molar-refractivity contribution in [2.75, 3.05) is 19.4 Å². The first kappa shape index (κ1) is 14.5. The Morgan fingerprint density at radius 3 is 2.65 bits per heavy atom. The van der Waals surface area contributed by atoms with Crippen LogP contribution >= 0.6 is 11.3 Å². The zero-order valence-corrected chi connectivity index (χ0v) is 12.6. The minimum atomic E-state index is -0.144. The Kier molecular flexibility index (Phi) is 4.68. The zero-order chi connectivity index (χ0) is 14.5. The Morgan fingerprint density at radius 2 is 2.15 bits per heavy atom. The van der Waals surface area contributed by atoms with E-state index in [1.807, 2.05) is 6.07 Å². The smallest absolute Gasteiger partial charge is 0.273 e. The van der Waals surface area contributed by atoms with Crippen LogP contribution in [-0.2, 0) is 0 Å². The highest BCUT2D eigenvalue weighted by molar-refractivity contribution is 7.10. The maximum Gasteiger partial charge on any atom is 0.273 e. The van der Waals surface area contributed by atoms with Gasteiger partial charge in [-0.25, -0.2) is 0 Å². The van der Waals surface area contributed by atoms with E-state index in [-0.39, 0.29) is 11.9 Å². The lowest BCUT2D eigenvalue weighted by molar-refractivity contribution is 0.0821. The molecule has 2 aromatic rings. The second kappa shape index (κ2) is 6.47. The van der Waals surface area contributed by atoms with Crippen molar-refractivity contribution in [2.45, 2.75) is 19.4 Å². The highest BCUT2D eigenvalue weighted by atomic mass is 32.1. The van der Waals surface area contributed by atoms with Crippen LogP contribution in [-0.4, -0.2) is 35.1 Å². The van der Waals surface area contributed by atoms with Gasteiger partial charge in [0.05, 0.1) is 6.04 Å². The molecule has 0 saturated carbocycles. The van der Waals surface area contributed by atoms with Crippen LogP contribution in [0.4, 0.5) is 5.82 Å². The molecule has 6 heteroatoms. The van der Waals surface area contributed by atoms with E-state index in [9.17, 15) is 4.79 Å². The Bertz CT molecular complexity index is 551. The van der Waals surface area contributed by atoms with Gasteiger partial charge < -0.3 is 10.2 Å². The molecule has 106 valence electrons. The monoisotopic (exact) mass is 290 g/mol. The summed E-state index contributed by atoms with van der Waals surface area (Å²) in [6.45, 7) is 2.12. The van der Waals surface area contributed by atoms with Crippen molar-refractivity contribution in [3.63, 3.8) is 0 Å². The van der Waals surface area contributed by atoms with Gasteiger partial charge in [-0.3, -0.25) is 4.79 Å². The van der Waals surface area contributed by atoms with Crippen molar-refractivity contribution in [3.05, 3.63) is 40.2 Å². The van der Waals surface area contributed by atoms with Crippen molar-refractivity contribution in [3.8, 4) is 0 Å². The van der Waals surface area contributed by atoms with Crippen molar-refractivity contribution < 1.29 is 4.79 Å². The van der Waals surface area contributed by atoms with Crippen LogP contribution in [0.5, 0.6) is 0 Å². The van der Waals surface area contributed by atoms with Crippen LogP contribution < -0.4 is 5.32 Å². The molecular weight excluding hydrogens is 272 g/mol. The molecule has 0 bridgehead atoms. The number of anilines is 1. The van der Waals surface area contributed by atoms with E-state index in [1.54, 1.807) is 37.6 Å². The summed E-state index contributed by atoms with van der Waals surface area (Å²) in [6, 6.07) is 7.84. The second-order valence-corrected chi connectivity index (χ2v) is 5.60. The second-order valence-electron chi connectivity index (χ2n) is 4.62. The average Bonchev–Trinajstić information content (AvgIpc) is 2.98. The number of carbonyl (C=O) groups excluding carboxylic acids is 1. The van der Waals surface area contributed by atoms with Crippen LogP contribution in [0.2, 0.25) is 0 Å². The fourth-order valence-electron chi connectivity index (χ4n) is 1.79. The van der Waals surface area contributed by atoms with Gasteiger partial charge in [-0.2, -0.15) is 0 Å². The fraction of sp³-hybridized carbons (Fsp3) is 0.357. The van der Waals surface area contributed by atoms with Crippen LogP contribution in [0.3, 0.4) is 0 Å². The molecule has 0 aromatic carbocycles.